The first-order valence-corrected chi connectivity index (χ1v) is 6.38. The molecule has 1 aliphatic heterocycles. The van der Waals surface area contributed by atoms with Gasteiger partial charge in [-0.2, -0.15) is 0 Å². The minimum Gasteiger partial charge on any atom is -0.467 e. The van der Waals surface area contributed by atoms with Crippen molar-refractivity contribution in [1.82, 2.24) is 4.90 Å². The molecule has 5 nitrogen and oxygen atoms in total. The normalized spacial score (nSPS) is 19.0. The summed E-state index contributed by atoms with van der Waals surface area (Å²) in [5.41, 5.74) is 6.73. The van der Waals surface area contributed by atoms with Crippen LogP contribution < -0.4 is 5.73 Å². The lowest BCUT2D eigenvalue weighted by molar-refractivity contribution is -0.147. The van der Waals surface area contributed by atoms with E-state index in [1.807, 2.05) is 0 Å². The number of esters is 1. The number of hydrogen-bond acceptors (Lipinski definition) is 4. The molecule has 0 spiro atoms. The third-order valence-corrected chi connectivity index (χ3v) is 3.37. The summed E-state index contributed by atoms with van der Waals surface area (Å²) < 4.78 is 4.77. The number of nitrogens with zero attached hydrogens (tertiary/aromatic N) is 1. The number of hydrogen-bond donors (Lipinski definition) is 1. The third kappa shape index (κ3) is 2.86. The van der Waals surface area contributed by atoms with Crippen LogP contribution in [0.5, 0.6) is 0 Å². The SMILES string of the molecule is COC(=O)[C@H]1CCCCN1C(=O)c1cccc(N)c1. The zero-order valence-electron chi connectivity index (χ0n) is 11.0. The first kappa shape index (κ1) is 13.4. The van der Waals surface area contributed by atoms with Crippen LogP contribution in [-0.4, -0.2) is 36.5 Å². The first-order chi connectivity index (χ1) is 9.13. The van der Waals surface area contributed by atoms with E-state index in [4.69, 9.17) is 10.5 Å². The molecule has 2 rings (SSSR count). The summed E-state index contributed by atoms with van der Waals surface area (Å²) in [6.07, 6.45) is 2.49. The molecule has 1 saturated heterocycles. The highest BCUT2D eigenvalue weighted by Gasteiger charge is 2.33. The summed E-state index contributed by atoms with van der Waals surface area (Å²) in [5.74, 6) is -0.514. The van der Waals surface area contributed by atoms with Crippen LogP contribution in [0, 0.1) is 0 Å². The van der Waals surface area contributed by atoms with Crippen LogP contribution in [-0.2, 0) is 9.53 Å². The Labute approximate surface area is 112 Å². The van der Waals surface area contributed by atoms with Gasteiger partial charge in [-0.3, -0.25) is 4.79 Å². The Hall–Kier alpha value is -2.04. The van der Waals surface area contributed by atoms with Crippen LogP contribution in [0.4, 0.5) is 5.69 Å². The van der Waals surface area contributed by atoms with Gasteiger partial charge in [0.15, 0.2) is 0 Å². The standard InChI is InChI=1S/C14H18N2O3/c1-19-14(18)12-7-2-3-8-16(12)13(17)10-5-4-6-11(15)9-10/h4-6,9,12H,2-3,7-8,15H2,1H3/t12-/m1/s1. The van der Waals surface area contributed by atoms with Crippen LogP contribution in [0.2, 0.25) is 0 Å². The number of nitrogen functional groups attached to an aromatic ring is 1. The zero-order valence-corrected chi connectivity index (χ0v) is 11.0. The number of benzene rings is 1. The van der Waals surface area contributed by atoms with Gasteiger partial charge in [-0.15, -0.1) is 0 Å². The Morgan fingerprint density at radius 1 is 1.37 bits per heavy atom. The van der Waals surface area contributed by atoms with Gasteiger partial charge >= 0.3 is 5.97 Å². The molecule has 0 aliphatic carbocycles. The van der Waals surface area contributed by atoms with Crippen molar-refractivity contribution in [3.63, 3.8) is 0 Å². The summed E-state index contributed by atoms with van der Waals surface area (Å²) in [5, 5.41) is 0. The lowest BCUT2D eigenvalue weighted by Gasteiger charge is -2.33. The van der Waals surface area contributed by atoms with E-state index in [1.54, 1.807) is 29.2 Å². The predicted molar refractivity (Wildman–Crippen MR) is 71.5 cm³/mol. The third-order valence-electron chi connectivity index (χ3n) is 3.37. The average Bonchev–Trinajstić information content (AvgIpc) is 2.45. The van der Waals surface area contributed by atoms with Crippen molar-refractivity contribution in [2.24, 2.45) is 0 Å². The molecule has 102 valence electrons. The summed E-state index contributed by atoms with van der Waals surface area (Å²) in [6, 6.07) is 6.32. The summed E-state index contributed by atoms with van der Waals surface area (Å²) in [4.78, 5) is 25.8. The lowest BCUT2D eigenvalue weighted by Crippen LogP contribution is -2.48. The van der Waals surface area contributed by atoms with Crippen LogP contribution in [0.3, 0.4) is 0 Å². The van der Waals surface area contributed by atoms with Gasteiger partial charge in [-0.25, -0.2) is 4.79 Å². The van der Waals surface area contributed by atoms with Gasteiger partial charge in [0.2, 0.25) is 0 Å². The molecular weight excluding hydrogens is 244 g/mol. The Kier molecular flexibility index (Phi) is 4.04. The van der Waals surface area contributed by atoms with E-state index >= 15 is 0 Å². The molecule has 5 heteroatoms. The van der Waals surface area contributed by atoms with E-state index in [1.165, 1.54) is 7.11 Å². The maximum Gasteiger partial charge on any atom is 0.328 e. The fraction of sp³-hybridized carbons (Fsp3) is 0.429. The van der Waals surface area contributed by atoms with E-state index < -0.39 is 6.04 Å². The second-order valence-corrected chi connectivity index (χ2v) is 4.66. The van der Waals surface area contributed by atoms with Gasteiger partial charge in [0, 0.05) is 17.8 Å². The number of carbonyl (C=O) groups is 2. The molecule has 1 aromatic carbocycles. The van der Waals surface area contributed by atoms with Crippen molar-refractivity contribution in [2.75, 3.05) is 19.4 Å². The predicted octanol–water partition coefficient (Wildman–Crippen LogP) is 1.44. The number of likely N-dealkylation sites (tertiary alicyclic amines) is 1. The molecular formula is C14H18N2O3. The van der Waals surface area contributed by atoms with E-state index in [-0.39, 0.29) is 11.9 Å². The van der Waals surface area contributed by atoms with Crippen molar-refractivity contribution in [3.8, 4) is 0 Å². The van der Waals surface area contributed by atoms with Crippen molar-refractivity contribution in [2.45, 2.75) is 25.3 Å². The van der Waals surface area contributed by atoms with Crippen LogP contribution in [0.1, 0.15) is 29.6 Å². The number of rotatable bonds is 2. The first-order valence-electron chi connectivity index (χ1n) is 6.38. The van der Waals surface area contributed by atoms with Gasteiger partial charge in [0.1, 0.15) is 6.04 Å². The minimum absolute atomic E-state index is 0.164. The van der Waals surface area contributed by atoms with E-state index in [0.717, 1.165) is 12.8 Å². The molecule has 19 heavy (non-hydrogen) atoms. The zero-order chi connectivity index (χ0) is 13.8. The summed E-state index contributed by atoms with van der Waals surface area (Å²) >= 11 is 0. The Balaban J connectivity index is 2.22. The largest absolute Gasteiger partial charge is 0.467 e. The van der Waals surface area contributed by atoms with Gasteiger partial charge in [0.05, 0.1) is 7.11 Å². The number of amides is 1. The minimum atomic E-state index is -0.479. The molecule has 0 aromatic heterocycles. The van der Waals surface area contributed by atoms with Crippen molar-refractivity contribution in [3.05, 3.63) is 29.8 Å². The quantitative estimate of drug-likeness (QED) is 0.646. The molecule has 1 atom stereocenters. The molecule has 1 aromatic rings. The van der Waals surface area contributed by atoms with E-state index in [0.29, 0.717) is 24.2 Å². The maximum atomic E-state index is 12.4. The molecule has 0 unspecified atom stereocenters. The second-order valence-electron chi connectivity index (χ2n) is 4.66. The second kappa shape index (κ2) is 5.73. The number of piperidine rings is 1. The maximum absolute atomic E-state index is 12.4. The van der Waals surface area contributed by atoms with E-state index in [9.17, 15) is 9.59 Å². The van der Waals surface area contributed by atoms with Crippen molar-refractivity contribution < 1.29 is 14.3 Å². The fourth-order valence-corrected chi connectivity index (χ4v) is 2.39. The van der Waals surface area contributed by atoms with Gasteiger partial charge in [-0.05, 0) is 37.5 Å². The van der Waals surface area contributed by atoms with Gasteiger partial charge < -0.3 is 15.4 Å². The molecule has 1 heterocycles. The molecule has 0 bridgehead atoms. The smallest absolute Gasteiger partial charge is 0.328 e. The summed E-state index contributed by atoms with van der Waals surface area (Å²) in [7, 11) is 1.35. The molecule has 0 saturated carbocycles. The molecule has 1 fully saturated rings. The summed E-state index contributed by atoms with van der Waals surface area (Å²) in [6.45, 7) is 0.577. The van der Waals surface area contributed by atoms with Crippen molar-refractivity contribution in [1.29, 1.82) is 0 Å². The highest BCUT2D eigenvalue weighted by Crippen LogP contribution is 2.21. The number of ether oxygens (including phenoxy) is 1. The Bertz CT molecular complexity index is 487. The number of methoxy groups -OCH3 is 1. The Morgan fingerprint density at radius 3 is 2.84 bits per heavy atom. The number of nitrogens with two attached hydrogens (primary N) is 1. The molecule has 1 aliphatic rings. The number of carbonyl (C=O) groups excluding carboxylic acids is 2. The highest BCUT2D eigenvalue weighted by atomic mass is 16.5. The monoisotopic (exact) mass is 262 g/mol. The topological polar surface area (TPSA) is 72.6 Å². The van der Waals surface area contributed by atoms with Crippen molar-refractivity contribution >= 4 is 17.6 Å². The lowest BCUT2D eigenvalue weighted by atomic mass is 10.0. The molecule has 0 radical (unpaired) electrons. The van der Waals surface area contributed by atoms with Crippen LogP contribution in [0.25, 0.3) is 0 Å². The highest BCUT2D eigenvalue weighted by molar-refractivity contribution is 5.97. The average molecular weight is 262 g/mol. The van der Waals surface area contributed by atoms with Crippen LogP contribution >= 0.6 is 0 Å². The van der Waals surface area contributed by atoms with Crippen LogP contribution in [0.15, 0.2) is 24.3 Å². The molecule has 2 N–H and O–H groups in total. The Morgan fingerprint density at radius 2 is 2.16 bits per heavy atom. The van der Waals surface area contributed by atoms with E-state index in [2.05, 4.69) is 0 Å². The number of anilines is 1. The molecule has 1 amide bonds. The fourth-order valence-electron chi connectivity index (χ4n) is 2.39. The van der Waals surface area contributed by atoms with Gasteiger partial charge in [0.25, 0.3) is 5.91 Å². The van der Waals surface area contributed by atoms with Gasteiger partial charge in [-0.1, -0.05) is 6.07 Å².